The van der Waals surface area contributed by atoms with E-state index < -0.39 is 5.92 Å². The Morgan fingerprint density at radius 3 is 2.82 bits per heavy atom. The summed E-state index contributed by atoms with van der Waals surface area (Å²) in [5.41, 5.74) is 1.04. The third-order valence-corrected chi connectivity index (χ3v) is 3.04. The summed E-state index contributed by atoms with van der Waals surface area (Å²) in [7, 11) is 1.73. The van der Waals surface area contributed by atoms with Gasteiger partial charge in [-0.2, -0.15) is 5.26 Å². The van der Waals surface area contributed by atoms with E-state index in [4.69, 9.17) is 5.26 Å². The first-order valence-electron chi connectivity index (χ1n) is 5.47. The lowest BCUT2D eigenvalue weighted by Gasteiger charge is -2.19. The Bertz CT molecular complexity index is 439. The zero-order valence-electron chi connectivity index (χ0n) is 9.98. The number of halogens is 1. The average Bonchev–Trinajstić information content (AvgIpc) is 2.30. The molecule has 0 aromatic heterocycles. The predicted octanol–water partition coefficient (Wildman–Crippen LogP) is 2.96. The van der Waals surface area contributed by atoms with Gasteiger partial charge in [-0.15, -0.1) is 0 Å². The number of benzene rings is 1. The zero-order chi connectivity index (χ0) is 12.8. The lowest BCUT2D eigenvalue weighted by Crippen LogP contribution is -2.31. The van der Waals surface area contributed by atoms with E-state index in [2.05, 4.69) is 15.9 Å². The Balaban J connectivity index is 2.70. The van der Waals surface area contributed by atoms with Crippen LogP contribution in [0.3, 0.4) is 0 Å². The molecule has 0 fully saturated rings. The molecule has 1 amide bonds. The smallest absolute Gasteiger partial charge is 0.239 e. The molecule has 0 spiro atoms. The fraction of sp³-hybridized carbons (Fsp3) is 0.385. The SMILES string of the molecule is CCC(C#N)C(=O)N(C)Cc1cccc(Br)c1. The molecule has 0 saturated heterocycles. The van der Waals surface area contributed by atoms with Crippen LogP contribution < -0.4 is 0 Å². The molecular weight excluding hydrogens is 280 g/mol. The van der Waals surface area contributed by atoms with E-state index in [0.717, 1.165) is 10.0 Å². The first-order valence-corrected chi connectivity index (χ1v) is 6.26. The molecule has 0 N–H and O–H groups in total. The Morgan fingerprint density at radius 2 is 2.29 bits per heavy atom. The van der Waals surface area contributed by atoms with Crippen molar-refractivity contribution in [2.45, 2.75) is 19.9 Å². The second-order valence-corrected chi connectivity index (χ2v) is 4.83. The van der Waals surface area contributed by atoms with E-state index in [1.165, 1.54) is 0 Å². The fourth-order valence-electron chi connectivity index (χ4n) is 1.57. The number of amides is 1. The van der Waals surface area contributed by atoms with Crippen LogP contribution >= 0.6 is 15.9 Å². The first-order chi connectivity index (χ1) is 8.08. The summed E-state index contributed by atoms with van der Waals surface area (Å²) >= 11 is 3.39. The van der Waals surface area contributed by atoms with Gasteiger partial charge in [-0.25, -0.2) is 0 Å². The van der Waals surface area contributed by atoms with Crippen LogP contribution in [0.4, 0.5) is 0 Å². The van der Waals surface area contributed by atoms with Crippen molar-refractivity contribution in [3.63, 3.8) is 0 Å². The van der Waals surface area contributed by atoms with Gasteiger partial charge < -0.3 is 4.90 Å². The van der Waals surface area contributed by atoms with Crippen molar-refractivity contribution in [1.82, 2.24) is 4.90 Å². The highest BCUT2D eigenvalue weighted by Crippen LogP contribution is 2.14. The van der Waals surface area contributed by atoms with Crippen molar-refractivity contribution < 1.29 is 4.79 Å². The Morgan fingerprint density at radius 1 is 1.59 bits per heavy atom. The number of nitriles is 1. The number of carbonyl (C=O) groups excluding carboxylic acids is 1. The van der Waals surface area contributed by atoms with Gasteiger partial charge in [0.15, 0.2) is 0 Å². The highest BCUT2D eigenvalue weighted by molar-refractivity contribution is 9.10. The number of nitrogens with zero attached hydrogens (tertiary/aromatic N) is 2. The van der Waals surface area contributed by atoms with Gasteiger partial charge in [0, 0.05) is 18.1 Å². The lowest BCUT2D eigenvalue weighted by atomic mass is 10.1. The van der Waals surface area contributed by atoms with Crippen molar-refractivity contribution >= 4 is 21.8 Å². The second kappa shape index (κ2) is 6.41. The highest BCUT2D eigenvalue weighted by atomic mass is 79.9. The van der Waals surface area contributed by atoms with Crippen molar-refractivity contribution in [2.24, 2.45) is 5.92 Å². The van der Waals surface area contributed by atoms with Crippen molar-refractivity contribution in [3.8, 4) is 6.07 Å². The summed E-state index contributed by atoms with van der Waals surface area (Å²) in [4.78, 5) is 13.5. The first kappa shape index (κ1) is 13.7. The fourth-order valence-corrected chi connectivity index (χ4v) is 2.02. The van der Waals surface area contributed by atoms with E-state index in [0.29, 0.717) is 13.0 Å². The van der Waals surface area contributed by atoms with Crippen molar-refractivity contribution in [3.05, 3.63) is 34.3 Å². The second-order valence-electron chi connectivity index (χ2n) is 3.91. The normalized spacial score (nSPS) is 11.6. The summed E-state index contributed by atoms with van der Waals surface area (Å²) in [5.74, 6) is -0.651. The van der Waals surface area contributed by atoms with Crippen LogP contribution in [0.2, 0.25) is 0 Å². The van der Waals surface area contributed by atoms with E-state index in [1.807, 2.05) is 37.3 Å². The highest BCUT2D eigenvalue weighted by Gasteiger charge is 2.19. The Hall–Kier alpha value is -1.34. The molecule has 4 heteroatoms. The monoisotopic (exact) mass is 294 g/mol. The molecule has 1 aromatic carbocycles. The summed E-state index contributed by atoms with van der Waals surface area (Å²) < 4.78 is 0.989. The van der Waals surface area contributed by atoms with Crippen LogP contribution in [0.15, 0.2) is 28.7 Å². The minimum Gasteiger partial charge on any atom is -0.340 e. The minimum atomic E-state index is -0.535. The number of hydrogen-bond acceptors (Lipinski definition) is 2. The largest absolute Gasteiger partial charge is 0.340 e. The van der Waals surface area contributed by atoms with Gasteiger partial charge in [0.05, 0.1) is 6.07 Å². The summed E-state index contributed by atoms with van der Waals surface area (Å²) in [6, 6.07) is 9.83. The van der Waals surface area contributed by atoms with Gasteiger partial charge in [0.1, 0.15) is 5.92 Å². The van der Waals surface area contributed by atoms with Crippen LogP contribution in [0.1, 0.15) is 18.9 Å². The quantitative estimate of drug-likeness (QED) is 0.857. The average molecular weight is 295 g/mol. The van der Waals surface area contributed by atoms with Crippen LogP contribution in [-0.4, -0.2) is 17.9 Å². The van der Waals surface area contributed by atoms with Crippen molar-refractivity contribution in [2.75, 3.05) is 7.05 Å². The minimum absolute atomic E-state index is 0.116. The molecule has 0 bridgehead atoms. The Kier molecular flexibility index (Phi) is 5.17. The molecular formula is C13H15BrN2O. The van der Waals surface area contributed by atoms with Crippen LogP contribution in [0, 0.1) is 17.2 Å². The number of hydrogen-bond donors (Lipinski definition) is 0. The molecule has 90 valence electrons. The van der Waals surface area contributed by atoms with E-state index in [1.54, 1.807) is 11.9 Å². The van der Waals surface area contributed by atoms with Gasteiger partial charge in [-0.1, -0.05) is 35.0 Å². The third-order valence-electron chi connectivity index (χ3n) is 2.55. The molecule has 0 aliphatic heterocycles. The third kappa shape index (κ3) is 3.86. The molecule has 1 unspecified atom stereocenters. The van der Waals surface area contributed by atoms with Crippen molar-refractivity contribution in [1.29, 1.82) is 5.26 Å². The maximum absolute atomic E-state index is 11.9. The maximum Gasteiger partial charge on any atom is 0.239 e. The van der Waals surface area contributed by atoms with Crippen LogP contribution in [0.25, 0.3) is 0 Å². The van der Waals surface area contributed by atoms with Gasteiger partial charge in [0.2, 0.25) is 5.91 Å². The molecule has 0 saturated carbocycles. The molecule has 1 atom stereocenters. The Labute approximate surface area is 110 Å². The standard InChI is InChI=1S/C13H15BrN2O/c1-3-11(8-15)13(17)16(2)9-10-5-4-6-12(14)7-10/h4-7,11H,3,9H2,1-2H3. The van der Waals surface area contributed by atoms with Gasteiger partial charge in [-0.05, 0) is 24.1 Å². The van der Waals surface area contributed by atoms with Gasteiger partial charge in [-0.3, -0.25) is 4.79 Å². The molecule has 17 heavy (non-hydrogen) atoms. The maximum atomic E-state index is 11.9. The van der Waals surface area contributed by atoms with E-state index in [9.17, 15) is 4.79 Å². The molecule has 0 aliphatic carbocycles. The number of rotatable bonds is 4. The van der Waals surface area contributed by atoms with E-state index in [-0.39, 0.29) is 5.91 Å². The molecule has 0 radical (unpaired) electrons. The topological polar surface area (TPSA) is 44.1 Å². The summed E-state index contributed by atoms with van der Waals surface area (Å²) in [5, 5.41) is 8.85. The molecule has 0 heterocycles. The lowest BCUT2D eigenvalue weighted by molar-refractivity contribution is -0.133. The summed E-state index contributed by atoms with van der Waals surface area (Å²) in [6.45, 7) is 2.37. The molecule has 1 aromatic rings. The van der Waals surface area contributed by atoms with Gasteiger partial charge in [0.25, 0.3) is 0 Å². The van der Waals surface area contributed by atoms with Crippen LogP contribution in [-0.2, 0) is 11.3 Å². The zero-order valence-corrected chi connectivity index (χ0v) is 11.6. The molecule has 3 nitrogen and oxygen atoms in total. The molecule has 0 aliphatic rings. The molecule has 1 rings (SSSR count). The number of carbonyl (C=O) groups is 1. The predicted molar refractivity (Wildman–Crippen MR) is 70.0 cm³/mol. The van der Waals surface area contributed by atoms with E-state index >= 15 is 0 Å². The van der Waals surface area contributed by atoms with Gasteiger partial charge >= 0.3 is 0 Å². The van der Waals surface area contributed by atoms with Crippen LogP contribution in [0.5, 0.6) is 0 Å². The summed E-state index contributed by atoms with van der Waals surface area (Å²) in [6.07, 6.45) is 0.554.